The Kier molecular flexibility index (Phi) is 7.80. The van der Waals surface area contributed by atoms with E-state index in [4.69, 9.17) is 14.2 Å². The van der Waals surface area contributed by atoms with Crippen LogP contribution in [-0.2, 0) is 17.3 Å². The van der Waals surface area contributed by atoms with Gasteiger partial charge < -0.3 is 24.2 Å². The van der Waals surface area contributed by atoms with Crippen LogP contribution in [0.3, 0.4) is 0 Å². The van der Waals surface area contributed by atoms with Crippen molar-refractivity contribution < 1.29 is 37.3 Å². The third kappa shape index (κ3) is 5.48. The summed E-state index contributed by atoms with van der Waals surface area (Å²) in [5, 5.41) is 14.5. The van der Waals surface area contributed by atoms with Crippen molar-refractivity contribution in [3.63, 3.8) is 0 Å². The summed E-state index contributed by atoms with van der Waals surface area (Å²) in [6.45, 7) is 4.06. The van der Waals surface area contributed by atoms with Gasteiger partial charge in [0, 0.05) is 42.5 Å². The number of aromatic nitrogens is 2. The van der Waals surface area contributed by atoms with Crippen LogP contribution in [0.4, 0.5) is 29.3 Å². The maximum absolute atomic E-state index is 14.4. The third-order valence-electron chi connectivity index (χ3n) is 7.25. The van der Waals surface area contributed by atoms with E-state index < -0.39 is 41.3 Å². The average Bonchev–Trinajstić information content (AvgIpc) is 3.59. The van der Waals surface area contributed by atoms with E-state index in [2.05, 4.69) is 5.10 Å². The fraction of sp³-hybridized carbons (Fsp3) is 0.414. The van der Waals surface area contributed by atoms with Gasteiger partial charge in [-0.3, -0.25) is 9.69 Å². The molecule has 13 heteroatoms. The molecule has 1 aromatic heterocycles. The molecular weight excluding hydrogens is 557 g/mol. The molecule has 3 aromatic rings. The number of methoxy groups -OCH3 is 2. The summed E-state index contributed by atoms with van der Waals surface area (Å²) in [5.74, 6) is 0.801. The molecule has 0 bridgehead atoms. The highest BCUT2D eigenvalue weighted by molar-refractivity contribution is 5.92. The first-order valence-corrected chi connectivity index (χ1v) is 13.4. The Morgan fingerprint density at radius 3 is 2.33 bits per heavy atom. The van der Waals surface area contributed by atoms with E-state index in [9.17, 15) is 27.9 Å². The third-order valence-corrected chi connectivity index (χ3v) is 7.25. The van der Waals surface area contributed by atoms with Crippen molar-refractivity contribution >= 4 is 17.5 Å². The monoisotopic (exact) mass is 588 g/mol. The first-order chi connectivity index (χ1) is 19.9. The number of alkyl halides is 3. The largest absolute Gasteiger partial charge is 0.497 e. The molecule has 1 unspecified atom stereocenters. The van der Waals surface area contributed by atoms with E-state index >= 15 is 0 Å². The highest BCUT2D eigenvalue weighted by Gasteiger charge is 2.38. The molecule has 2 aliphatic rings. The van der Waals surface area contributed by atoms with Gasteiger partial charge in [-0.2, -0.15) is 23.0 Å². The standard InChI is InChI=1S/C29H31F3N4O6/c1-16(2)42-28(39)35-10-8-22-25(17-11-20(40-3)14-21(12-17)41-4)33-36(27(38)26(22)35)24-13-18(34-9-7-19(37)15-34)5-6-23(24)29(30,31)32/h5-6,11-14,16,19,37H,7-10,15H2,1-4H3. The van der Waals surface area contributed by atoms with Gasteiger partial charge in [0.1, 0.15) is 17.2 Å². The van der Waals surface area contributed by atoms with Crippen LogP contribution in [0.25, 0.3) is 16.9 Å². The predicted molar refractivity (Wildman–Crippen MR) is 149 cm³/mol. The van der Waals surface area contributed by atoms with Gasteiger partial charge in [-0.1, -0.05) is 0 Å². The van der Waals surface area contributed by atoms with Crippen molar-refractivity contribution in [2.24, 2.45) is 0 Å². The lowest BCUT2D eigenvalue weighted by Crippen LogP contribution is -2.37. The second kappa shape index (κ2) is 11.2. The fourth-order valence-electron chi connectivity index (χ4n) is 5.29. The van der Waals surface area contributed by atoms with Crippen molar-refractivity contribution in [1.82, 2.24) is 9.78 Å². The van der Waals surface area contributed by atoms with E-state index in [1.165, 1.54) is 26.4 Å². The van der Waals surface area contributed by atoms with Gasteiger partial charge >= 0.3 is 12.3 Å². The summed E-state index contributed by atoms with van der Waals surface area (Å²) in [7, 11) is 2.91. The molecule has 224 valence electrons. The Bertz CT molecular complexity index is 1550. The SMILES string of the molecule is COc1cc(OC)cc(-c2nn(-c3cc(N4CCC(O)C4)ccc3C(F)(F)F)c(=O)c3c2CCN3C(=O)OC(C)C)c1. The molecule has 2 aliphatic heterocycles. The maximum Gasteiger partial charge on any atom is 0.418 e. The molecule has 10 nitrogen and oxygen atoms in total. The quantitative estimate of drug-likeness (QED) is 0.452. The second-order valence-corrected chi connectivity index (χ2v) is 10.4. The Balaban J connectivity index is 1.80. The molecule has 3 heterocycles. The number of halogens is 3. The van der Waals surface area contributed by atoms with Gasteiger partial charge in [0.25, 0.3) is 5.56 Å². The number of ether oxygens (including phenoxy) is 3. The lowest BCUT2D eigenvalue weighted by atomic mass is 10.0. The van der Waals surface area contributed by atoms with Gasteiger partial charge in [-0.15, -0.1) is 0 Å². The van der Waals surface area contributed by atoms with E-state index in [0.717, 1.165) is 11.0 Å². The van der Waals surface area contributed by atoms with Gasteiger partial charge in [-0.25, -0.2) is 4.79 Å². The molecule has 1 fully saturated rings. The molecule has 0 spiro atoms. The number of aliphatic hydroxyl groups excluding tert-OH is 1. The number of aliphatic hydroxyl groups is 1. The Morgan fingerprint density at radius 1 is 1.07 bits per heavy atom. The number of rotatable bonds is 6. The van der Waals surface area contributed by atoms with Crippen molar-refractivity contribution in [3.8, 4) is 28.4 Å². The second-order valence-electron chi connectivity index (χ2n) is 10.4. The number of anilines is 2. The molecule has 0 saturated carbocycles. The topological polar surface area (TPSA) is 106 Å². The van der Waals surface area contributed by atoms with Crippen LogP contribution in [-0.4, -0.2) is 67.0 Å². The van der Waals surface area contributed by atoms with Crippen LogP contribution in [0.5, 0.6) is 11.5 Å². The molecule has 42 heavy (non-hydrogen) atoms. The van der Waals surface area contributed by atoms with E-state index in [1.807, 2.05) is 0 Å². The summed E-state index contributed by atoms with van der Waals surface area (Å²) in [4.78, 5) is 30.0. The smallest absolute Gasteiger partial charge is 0.418 e. The number of hydrogen-bond donors (Lipinski definition) is 1. The van der Waals surface area contributed by atoms with Gasteiger partial charge in [0.15, 0.2) is 0 Å². The minimum atomic E-state index is -4.83. The zero-order valence-corrected chi connectivity index (χ0v) is 23.6. The molecule has 5 rings (SSSR count). The molecule has 1 atom stereocenters. The zero-order chi connectivity index (χ0) is 30.3. The normalized spacial score (nSPS) is 16.6. The van der Waals surface area contributed by atoms with E-state index in [0.29, 0.717) is 46.0 Å². The zero-order valence-electron chi connectivity index (χ0n) is 23.6. The average molecular weight is 589 g/mol. The number of carbonyl (C=O) groups is 1. The number of β-amino-alcohol motifs (C(OH)–C–C–N with tert-alkyl or cyclic N) is 1. The van der Waals surface area contributed by atoms with E-state index in [1.54, 1.807) is 36.9 Å². The molecule has 2 aromatic carbocycles. The van der Waals surface area contributed by atoms with Crippen LogP contribution in [0.15, 0.2) is 41.2 Å². The number of fused-ring (bicyclic) bond motifs is 1. The Morgan fingerprint density at radius 2 is 1.76 bits per heavy atom. The van der Waals surface area contributed by atoms with Gasteiger partial charge in [-0.05, 0) is 57.0 Å². The lowest BCUT2D eigenvalue weighted by molar-refractivity contribution is -0.137. The van der Waals surface area contributed by atoms with Crippen molar-refractivity contribution in [2.45, 2.75) is 45.1 Å². The summed E-state index contributed by atoms with van der Waals surface area (Å²) >= 11 is 0. The summed E-state index contributed by atoms with van der Waals surface area (Å²) in [5.41, 5.74) is -1.20. The minimum Gasteiger partial charge on any atom is -0.497 e. The number of nitrogens with zero attached hydrogens (tertiary/aromatic N) is 4. The minimum absolute atomic E-state index is 0.0771. The molecule has 1 amide bonds. The van der Waals surface area contributed by atoms with Crippen LogP contribution >= 0.6 is 0 Å². The number of carbonyl (C=O) groups excluding carboxylic acids is 1. The molecule has 0 radical (unpaired) electrons. The van der Waals surface area contributed by atoms with Crippen LogP contribution in [0.2, 0.25) is 0 Å². The van der Waals surface area contributed by atoms with Gasteiger partial charge in [0.2, 0.25) is 0 Å². The predicted octanol–water partition coefficient (Wildman–Crippen LogP) is 4.41. The van der Waals surface area contributed by atoms with Crippen molar-refractivity contribution in [2.75, 3.05) is 43.7 Å². The summed E-state index contributed by atoms with van der Waals surface area (Å²) in [6.07, 6.45) is -6.04. The van der Waals surface area contributed by atoms with E-state index in [-0.39, 0.29) is 30.9 Å². The van der Waals surface area contributed by atoms with Gasteiger partial charge in [0.05, 0.1) is 43.4 Å². The molecular formula is C29H31F3N4O6. The van der Waals surface area contributed by atoms with Crippen LogP contribution < -0.4 is 24.8 Å². The molecule has 0 aliphatic carbocycles. The first-order valence-electron chi connectivity index (χ1n) is 13.4. The molecule has 1 saturated heterocycles. The number of hydrogen-bond acceptors (Lipinski definition) is 8. The summed E-state index contributed by atoms with van der Waals surface area (Å²) in [6, 6.07) is 8.33. The summed E-state index contributed by atoms with van der Waals surface area (Å²) < 4.78 is 59.9. The number of benzene rings is 2. The van der Waals surface area contributed by atoms with Crippen molar-refractivity contribution in [3.05, 3.63) is 57.9 Å². The highest BCUT2D eigenvalue weighted by atomic mass is 19.4. The Hall–Kier alpha value is -4.26. The van der Waals surface area contributed by atoms with Crippen molar-refractivity contribution in [1.29, 1.82) is 0 Å². The maximum atomic E-state index is 14.4. The first kappa shape index (κ1) is 29.2. The molecule has 1 N–H and O–H groups in total. The Labute approximate surface area is 239 Å². The van der Waals surface area contributed by atoms with Crippen LogP contribution in [0.1, 0.15) is 31.4 Å². The highest BCUT2D eigenvalue weighted by Crippen LogP contribution is 2.39. The van der Waals surface area contributed by atoms with Crippen LogP contribution in [0, 0.1) is 0 Å². The fourth-order valence-corrected chi connectivity index (χ4v) is 5.29. The lowest BCUT2D eigenvalue weighted by Gasteiger charge is -2.23. The number of amides is 1.